The summed E-state index contributed by atoms with van der Waals surface area (Å²) in [7, 11) is 1.50. The number of ketones is 1. The standard InChI is InChI=1S/C24H21NO6/c1-30-18-6-4-5-16(13-18)21(26)14-31-24(29)15-9-11-17(12-10-15)25-22(27)19-7-2-3-8-20(19)23(25)28/h2-6,9-13,19-20H,7-8,14H2,1H3/t19-,20-/m0/s1. The Morgan fingerprint density at radius 1 is 0.935 bits per heavy atom. The van der Waals surface area contributed by atoms with E-state index in [2.05, 4.69) is 0 Å². The molecular weight excluding hydrogens is 398 g/mol. The van der Waals surface area contributed by atoms with E-state index in [1.54, 1.807) is 36.4 Å². The molecule has 1 aliphatic carbocycles. The number of carbonyl (C=O) groups is 4. The van der Waals surface area contributed by atoms with Crippen molar-refractivity contribution in [2.75, 3.05) is 18.6 Å². The number of esters is 1. The van der Waals surface area contributed by atoms with Crippen LogP contribution in [0.5, 0.6) is 5.75 Å². The number of benzene rings is 2. The van der Waals surface area contributed by atoms with Gasteiger partial charge in [0.15, 0.2) is 12.4 Å². The minimum Gasteiger partial charge on any atom is -0.497 e. The zero-order chi connectivity index (χ0) is 22.0. The van der Waals surface area contributed by atoms with Gasteiger partial charge in [-0.25, -0.2) is 4.79 Å². The highest BCUT2D eigenvalue weighted by Crippen LogP contribution is 2.37. The van der Waals surface area contributed by atoms with Gasteiger partial charge in [0.1, 0.15) is 5.75 Å². The van der Waals surface area contributed by atoms with Crippen LogP contribution in [0.3, 0.4) is 0 Å². The van der Waals surface area contributed by atoms with Gasteiger partial charge in [0, 0.05) is 5.56 Å². The van der Waals surface area contributed by atoms with E-state index >= 15 is 0 Å². The SMILES string of the molecule is COc1cccc(C(=O)COC(=O)c2ccc(N3C(=O)[C@H]4CC=CC[C@@H]4C3=O)cc2)c1. The first kappa shape index (κ1) is 20.5. The summed E-state index contributed by atoms with van der Waals surface area (Å²) in [5.74, 6) is -1.53. The van der Waals surface area contributed by atoms with E-state index in [1.165, 1.54) is 24.1 Å². The molecule has 0 aromatic heterocycles. The fourth-order valence-corrected chi connectivity index (χ4v) is 3.90. The highest BCUT2D eigenvalue weighted by Gasteiger charge is 2.47. The number of fused-ring (bicyclic) bond motifs is 1. The Morgan fingerprint density at radius 3 is 2.19 bits per heavy atom. The molecule has 2 aliphatic rings. The van der Waals surface area contributed by atoms with Gasteiger partial charge in [0.05, 0.1) is 30.2 Å². The van der Waals surface area contributed by atoms with Crippen LogP contribution in [-0.4, -0.2) is 37.3 Å². The Hall–Kier alpha value is -3.74. The fourth-order valence-electron chi connectivity index (χ4n) is 3.90. The summed E-state index contributed by atoms with van der Waals surface area (Å²) >= 11 is 0. The maximum Gasteiger partial charge on any atom is 0.338 e. The predicted octanol–water partition coefficient (Wildman–Crippen LogP) is 3.19. The first-order chi connectivity index (χ1) is 15.0. The molecule has 0 radical (unpaired) electrons. The molecule has 1 aliphatic heterocycles. The lowest BCUT2D eigenvalue weighted by atomic mass is 9.85. The fraction of sp³-hybridized carbons (Fsp3) is 0.250. The third-order valence-corrected chi connectivity index (χ3v) is 5.59. The second kappa shape index (κ2) is 8.55. The summed E-state index contributed by atoms with van der Waals surface area (Å²) in [5.41, 5.74) is 1.03. The molecule has 1 fully saturated rings. The van der Waals surface area contributed by atoms with Crippen LogP contribution in [-0.2, 0) is 14.3 Å². The van der Waals surface area contributed by atoms with E-state index in [1.807, 2.05) is 12.2 Å². The number of allylic oxidation sites excluding steroid dienone is 2. The van der Waals surface area contributed by atoms with Crippen LogP contribution < -0.4 is 9.64 Å². The van der Waals surface area contributed by atoms with E-state index < -0.39 is 12.6 Å². The number of ether oxygens (including phenoxy) is 2. The number of rotatable bonds is 6. The zero-order valence-electron chi connectivity index (χ0n) is 16.9. The molecule has 7 nitrogen and oxygen atoms in total. The highest BCUT2D eigenvalue weighted by atomic mass is 16.5. The van der Waals surface area contributed by atoms with Gasteiger partial charge in [-0.1, -0.05) is 24.3 Å². The first-order valence-electron chi connectivity index (χ1n) is 9.97. The van der Waals surface area contributed by atoms with Crippen LogP contribution in [0, 0.1) is 11.8 Å². The smallest absolute Gasteiger partial charge is 0.338 e. The van der Waals surface area contributed by atoms with Crippen molar-refractivity contribution >= 4 is 29.3 Å². The molecule has 31 heavy (non-hydrogen) atoms. The molecule has 2 aromatic carbocycles. The Balaban J connectivity index is 1.40. The quantitative estimate of drug-likeness (QED) is 0.309. The van der Waals surface area contributed by atoms with Crippen molar-refractivity contribution in [2.24, 2.45) is 11.8 Å². The Bertz CT molecular complexity index is 1050. The average molecular weight is 419 g/mol. The van der Waals surface area contributed by atoms with Gasteiger partial charge >= 0.3 is 5.97 Å². The lowest BCUT2D eigenvalue weighted by molar-refractivity contribution is -0.122. The monoisotopic (exact) mass is 419 g/mol. The molecule has 2 aromatic rings. The molecule has 158 valence electrons. The van der Waals surface area contributed by atoms with Crippen LogP contribution in [0.2, 0.25) is 0 Å². The Kier molecular flexibility index (Phi) is 5.66. The van der Waals surface area contributed by atoms with Crippen molar-refractivity contribution in [2.45, 2.75) is 12.8 Å². The number of hydrogen-bond acceptors (Lipinski definition) is 6. The van der Waals surface area contributed by atoms with Gasteiger partial charge in [0.2, 0.25) is 11.8 Å². The van der Waals surface area contributed by atoms with Crippen molar-refractivity contribution < 1.29 is 28.7 Å². The van der Waals surface area contributed by atoms with E-state index in [-0.39, 0.29) is 35.0 Å². The first-order valence-corrected chi connectivity index (χ1v) is 9.97. The maximum absolute atomic E-state index is 12.7. The molecule has 2 amide bonds. The second-order valence-electron chi connectivity index (χ2n) is 7.45. The number of Topliss-reactive ketones (excluding diaryl/α,β-unsaturated/α-hetero) is 1. The molecule has 0 N–H and O–H groups in total. The van der Waals surface area contributed by atoms with Crippen molar-refractivity contribution in [3.63, 3.8) is 0 Å². The van der Waals surface area contributed by atoms with Gasteiger partial charge in [0.25, 0.3) is 0 Å². The summed E-state index contributed by atoms with van der Waals surface area (Å²) in [6, 6.07) is 12.6. The number of methoxy groups -OCH3 is 1. The number of amides is 2. The molecule has 0 unspecified atom stereocenters. The van der Waals surface area contributed by atoms with E-state index in [0.717, 1.165) is 0 Å². The van der Waals surface area contributed by atoms with Crippen molar-refractivity contribution in [1.82, 2.24) is 0 Å². The summed E-state index contributed by atoms with van der Waals surface area (Å²) in [6.07, 6.45) is 5.00. The maximum atomic E-state index is 12.7. The zero-order valence-corrected chi connectivity index (χ0v) is 16.9. The van der Waals surface area contributed by atoms with Gasteiger partial charge in [-0.3, -0.25) is 19.3 Å². The minimum atomic E-state index is -0.667. The average Bonchev–Trinajstić information content (AvgIpc) is 3.07. The van der Waals surface area contributed by atoms with Crippen LogP contribution in [0.1, 0.15) is 33.6 Å². The van der Waals surface area contributed by atoms with Gasteiger partial charge in [-0.2, -0.15) is 0 Å². The summed E-state index contributed by atoms with van der Waals surface area (Å²) in [6.45, 7) is -0.410. The highest BCUT2D eigenvalue weighted by molar-refractivity contribution is 6.22. The molecule has 7 heteroatoms. The van der Waals surface area contributed by atoms with Crippen molar-refractivity contribution in [3.8, 4) is 5.75 Å². The Morgan fingerprint density at radius 2 is 1.58 bits per heavy atom. The summed E-state index contributed by atoms with van der Waals surface area (Å²) in [5, 5.41) is 0. The van der Waals surface area contributed by atoms with Crippen molar-refractivity contribution in [3.05, 3.63) is 71.8 Å². The van der Waals surface area contributed by atoms with Crippen LogP contribution >= 0.6 is 0 Å². The van der Waals surface area contributed by atoms with Crippen LogP contribution in [0.25, 0.3) is 0 Å². The lowest BCUT2D eigenvalue weighted by Crippen LogP contribution is -2.30. The Labute approximate surface area is 179 Å². The molecule has 0 bridgehead atoms. The molecule has 2 atom stereocenters. The molecule has 0 saturated carbocycles. The van der Waals surface area contributed by atoms with Gasteiger partial charge in [-0.05, 0) is 49.2 Å². The minimum absolute atomic E-state index is 0.210. The third-order valence-electron chi connectivity index (χ3n) is 5.59. The van der Waals surface area contributed by atoms with Crippen LogP contribution in [0.15, 0.2) is 60.7 Å². The number of carbonyl (C=O) groups excluding carboxylic acids is 4. The molecule has 0 spiro atoms. The van der Waals surface area contributed by atoms with E-state index in [4.69, 9.17) is 9.47 Å². The topological polar surface area (TPSA) is 90.0 Å². The molecular formula is C24H21NO6. The van der Waals surface area contributed by atoms with Crippen molar-refractivity contribution in [1.29, 1.82) is 0 Å². The number of imide groups is 1. The largest absolute Gasteiger partial charge is 0.497 e. The third kappa shape index (κ3) is 3.99. The summed E-state index contributed by atoms with van der Waals surface area (Å²) < 4.78 is 10.2. The van der Waals surface area contributed by atoms with Gasteiger partial charge in [-0.15, -0.1) is 0 Å². The number of nitrogens with zero attached hydrogens (tertiary/aromatic N) is 1. The number of anilines is 1. The van der Waals surface area contributed by atoms with E-state index in [9.17, 15) is 19.2 Å². The lowest BCUT2D eigenvalue weighted by Gasteiger charge is -2.15. The second-order valence-corrected chi connectivity index (χ2v) is 7.45. The van der Waals surface area contributed by atoms with Crippen LogP contribution in [0.4, 0.5) is 5.69 Å². The molecule has 1 heterocycles. The van der Waals surface area contributed by atoms with E-state index in [0.29, 0.717) is 29.8 Å². The van der Waals surface area contributed by atoms with Gasteiger partial charge < -0.3 is 9.47 Å². The predicted molar refractivity (Wildman–Crippen MR) is 112 cm³/mol. The summed E-state index contributed by atoms with van der Waals surface area (Å²) in [4.78, 5) is 51.1. The molecule has 1 saturated heterocycles. The molecule has 4 rings (SSSR count). The number of hydrogen-bond donors (Lipinski definition) is 0. The normalized spacial score (nSPS) is 19.8.